The van der Waals surface area contributed by atoms with Crippen LogP contribution in [0.25, 0.3) is 0 Å². The van der Waals surface area contributed by atoms with Gasteiger partial charge in [0, 0.05) is 32.3 Å². The van der Waals surface area contributed by atoms with E-state index >= 15 is 0 Å². The van der Waals surface area contributed by atoms with Gasteiger partial charge in [0.2, 0.25) is 13.0 Å². The normalized spacial score (nSPS) is 41.9. The third kappa shape index (κ3) is 8.42. The van der Waals surface area contributed by atoms with Crippen LogP contribution in [-0.4, -0.2) is 129 Å². The van der Waals surface area contributed by atoms with E-state index < -0.39 is 98.2 Å². The fourth-order valence-corrected chi connectivity index (χ4v) is 11.9. The van der Waals surface area contributed by atoms with Gasteiger partial charge in [-0.1, -0.05) is 105 Å². The second-order valence-electron chi connectivity index (χ2n) is 21.1. The van der Waals surface area contributed by atoms with Crippen molar-refractivity contribution in [3.05, 3.63) is 0 Å². The Kier molecular flexibility index (Phi) is 14.2. The van der Waals surface area contributed by atoms with Gasteiger partial charge in [-0.25, -0.2) is 0 Å². The maximum Gasteiger partial charge on any atom is 0.311 e. The summed E-state index contributed by atoms with van der Waals surface area (Å²) in [5, 5.41) is 0.00500. The molecule has 0 amide bonds. The second kappa shape index (κ2) is 16.6. The number of fused-ring (bicyclic) bond motifs is 4. The SMILES string of the molecule is C.CC1(C)O[C@H]2[C@@H](O[Si](C)(C)C(C)(C)C)O[C@@]3(CC(=O)C3(Cl)Cl)[C@H]2O1.CO[C@@H]1O[C@@]2(CC(=O)C2(Cl)Cl)[C@H]2OC(C)(C)O[C@@H]12.C[C@@H]1O[C@@]2(CC(=O)C2(Cl)Cl)[C@@H](C)C1OC(=O)C(C)(C)C. The van der Waals surface area contributed by atoms with Crippen LogP contribution < -0.4 is 0 Å². The van der Waals surface area contributed by atoms with Crippen molar-refractivity contribution in [3.8, 4) is 0 Å². The van der Waals surface area contributed by atoms with E-state index in [-0.39, 0.29) is 67.1 Å². The molecule has 21 heteroatoms. The van der Waals surface area contributed by atoms with Crippen LogP contribution in [0.2, 0.25) is 18.1 Å². The predicted molar refractivity (Wildman–Crippen MR) is 239 cm³/mol. The van der Waals surface area contributed by atoms with Gasteiger partial charge in [0.25, 0.3) is 0 Å². The number of ketones is 3. The maximum absolute atomic E-state index is 12.0. The zero-order valence-electron chi connectivity index (χ0n) is 37.8. The van der Waals surface area contributed by atoms with Crippen LogP contribution in [0.1, 0.15) is 110 Å². The van der Waals surface area contributed by atoms with E-state index in [9.17, 15) is 19.2 Å². The molecule has 8 aliphatic rings. The number of carbonyl (C=O) groups excluding carboxylic acids is 4. The number of esters is 1. The molecule has 5 heterocycles. The van der Waals surface area contributed by atoms with Crippen LogP contribution in [-0.2, 0) is 66.2 Å². The molecule has 8 fully saturated rings. The number of hydrogen-bond acceptors (Lipinski definition) is 14. The standard InChI is InChI=1S/C16H26Cl2O5Si.C14H20Cl2O4.C11H14Cl2O5.CH4/c1-13(2,3)24(6,7)23-12-10-11(21-14(4,5)20-10)15(22-12)8-9(19)16(15,17)18;1-7-10(19-11(18)12(3,4)5)8(2)20-13(7)6-9(17)14(13,15)16;1-9(2)16-6-7(17-9)10(18-8(6)15-3)4-5(14)11(10,12)13;/h10-12H,8H2,1-7H3;7-8,10H,6H2,1-5H3;6-8H,4H2,1-3H3;1H4/t10-,11+,12-,15+;7-,8-,10?,13-;6-,7+,8-,10+;/m101./s1. The molecule has 5 aliphatic heterocycles. The molecule has 0 aromatic rings. The lowest BCUT2D eigenvalue weighted by atomic mass is 9.69. The molecular formula is C42H64Cl6O14Si. The summed E-state index contributed by atoms with van der Waals surface area (Å²) < 4.78 is 53.7. The molecule has 0 aromatic carbocycles. The monoisotopic (exact) mass is 1030 g/mol. The average molecular weight is 1030 g/mol. The minimum atomic E-state index is -2.12. The van der Waals surface area contributed by atoms with Gasteiger partial charge in [-0.05, 0) is 73.5 Å². The molecule has 0 aromatic heterocycles. The number of methoxy groups -OCH3 is 1. The number of alkyl halides is 6. The summed E-state index contributed by atoms with van der Waals surface area (Å²) in [7, 11) is -0.622. The van der Waals surface area contributed by atoms with Crippen molar-refractivity contribution in [2.75, 3.05) is 7.11 Å². The van der Waals surface area contributed by atoms with Crippen molar-refractivity contribution in [3.63, 3.8) is 0 Å². The Morgan fingerprint density at radius 2 is 1.02 bits per heavy atom. The molecule has 362 valence electrons. The Morgan fingerprint density at radius 1 is 0.635 bits per heavy atom. The number of Topliss-reactive ketones (excluding diaryl/α,β-unsaturated/α-hetero) is 3. The van der Waals surface area contributed by atoms with Crippen LogP contribution in [0.4, 0.5) is 0 Å². The van der Waals surface area contributed by atoms with E-state index in [1.165, 1.54) is 7.11 Å². The molecule has 8 rings (SSSR count). The summed E-state index contributed by atoms with van der Waals surface area (Å²) in [5.74, 6) is -2.89. The largest absolute Gasteiger partial charge is 0.459 e. The Balaban J connectivity index is 0.000000179. The molecule has 5 saturated heterocycles. The average Bonchev–Trinajstić information content (AvgIpc) is 3.86. The van der Waals surface area contributed by atoms with E-state index in [0.29, 0.717) is 0 Å². The molecule has 12 atom stereocenters. The highest BCUT2D eigenvalue weighted by atomic mass is 35.5. The van der Waals surface area contributed by atoms with Gasteiger partial charge in [-0.2, -0.15) is 0 Å². The van der Waals surface area contributed by atoms with E-state index in [1.807, 2.05) is 20.8 Å². The number of rotatable bonds is 4. The first-order valence-electron chi connectivity index (χ1n) is 20.7. The Bertz CT molecular complexity index is 1850. The van der Waals surface area contributed by atoms with Gasteiger partial charge >= 0.3 is 5.97 Å². The number of hydrogen-bond donors (Lipinski definition) is 0. The summed E-state index contributed by atoms with van der Waals surface area (Å²) >= 11 is 37.1. The highest BCUT2D eigenvalue weighted by Gasteiger charge is 2.80. The number of halogens is 6. The van der Waals surface area contributed by atoms with Crippen molar-refractivity contribution in [2.24, 2.45) is 11.3 Å². The minimum Gasteiger partial charge on any atom is -0.459 e. The van der Waals surface area contributed by atoms with E-state index in [0.717, 1.165) is 0 Å². The molecule has 3 saturated carbocycles. The topological polar surface area (TPSA) is 161 Å². The Morgan fingerprint density at radius 3 is 1.37 bits per heavy atom. The second-order valence-corrected chi connectivity index (χ2v) is 29.8. The molecule has 63 heavy (non-hydrogen) atoms. The molecule has 3 spiro atoms. The summed E-state index contributed by atoms with van der Waals surface area (Å²) in [6.45, 7) is 27.0. The first kappa shape index (κ1) is 54.0. The van der Waals surface area contributed by atoms with Gasteiger partial charge in [-0.3, -0.25) is 19.2 Å². The molecule has 1 unspecified atom stereocenters. The summed E-state index contributed by atoms with van der Waals surface area (Å²) in [6, 6.07) is 0. The highest BCUT2D eigenvalue weighted by Crippen LogP contribution is 2.63. The van der Waals surface area contributed by atoms with Gasteiger partial charge in [-0.15, -0.1) is 0 Å². The summed E-state index contributed by atoms with van der Waals surface area (Å²) in [4.78, 5) is 47.2. The van der Waals surface area contributed by atoms with Crippen LogP contribution in [0.15, 0.2) is 0 Å². The Labute approximate surface area is 402 Å². The third-order valence-electron chi connectivity index (χ3n) is 13.7. The third-order valence-corrected chi connectivity index (χ3v) is 21.3. The van der Waals surface area contributed by atoms with E-state index in [1.54, 1.807) is 41.5 Å². The van der Waals surface area contributed by atoms with Crippen LogP contribution >= 0.6 is 69.6 Å². The lowest BCUT2D eigenvalue weighted by molar-refractivity contribution is -0.261. The first-order chi connectivity index (χ1) is 27.8. The minimum absolute atomic E-state index is 0. The zero-order chi connectivity index (χ0) is 47.2. The van der Waals surface area contributed by atoms with Crippen molar-refractivity contribution in [2.45, 2.75) is 218 Å². The molecule has 0 N–H and O–H groups in total. The number of carbonyl (C=O) groups is 4. The summed E-state index contributed by atoms with van der Waals surface area (Å²) in [6.07, 6.45) is -3.64. The lowest BCUT2D eigenvalue weighted by Crippen LogP contribution is -2.69. The lowest BCUT2D eigenvalue weighted by Gasteiger charge is -2.49. The van der Waals surface area contributed by atoms with E-state index in [4.69, 9.17) is 117 Å². The smallest absolute Gasteiger partial charge is 0.311 e. The van der Waals surface area contributed by atoms with Crippen LogP contribution in [0, 0.1) is 11.3 Å². The molecular weight excluding hydrogens is 969 g/mol. The maximum atomic E-state index is 12.0. The Hall–Kier alpha value is 0.0769. The molecule has 0 radical (unpaired) electrons. The van der Waals surface area contributed by atoms with Crippen molar-refractivity contribution in [1.82, 2.24) is 0 Å². The van der Waals surface area contributed by atoms with Crippen molar-refractivity contribution in [1.29, 1.82) is 0 Å². The predicted octanol–water partition coefficient (Wildman–Crippen LogP) is 8.69. The molecule has 3 aliphatic carbocycles. The quantitative estimate of drug-likeness (QED) is 0.149. The van der Waals surface area contributed by atoms with Gasteiger partial charge in [0.05, 0.1) is 11.5 Å². The first-order valence-corrected chi connectivity index (χ1v) is 25.9. The fourth-order valence-electron chi connectivity index (χ4n) is 8.92. The fraction of sp³-hybridized carbons (Fsp3) is 0.905. The molecule has 14 nitrogen and oxygen atoms in total. The van der Waals surface area contributed by atoms with Crippen LogP contribution in [0.5, 0.6) is 0 Å². The highest BCUT2D eigenvalue weighted by molar-refractivity contribution is 6.74. The van der Waals surface area contributed by atoms with E-state index in [2.05, 4.69) is 33.9 Å². The van der Waals surface area contributed by atoms with Crippen molar-refractivity contribution < 1.29 is 66.2 Å². The molecule has 0 bridgehead atoms. The summed E-state index contributed by atoms with van der Waals surface area (Å²) in [5.41, 5.74) is -3.73. The number of ether oxygens (including phenoxy) is 9. The zero-order valence-corrected chi connectivity index (χ0v) is 43.3. The van der Waals surface area contributed by atoms with Gasteiger partial charge in [0.1, 0.15) is 47.3 Å². The van der Waals surface area contributed by atoms with Gasteiger partial charge < -0.3 is 47.1 Å². The van der Waals surface area contributed by atoms with Crippen molar-refractivity contribution >= 4 is 101 Å². The van der Waals surface area contributed by atoms with Gasteiger partial charge in [0.15, 0.2) is 49.8 Å². The van der Waals surface area contributed by atoms with Crippen LogP contribution in [0.3, 0.4) is 0 Å².